The third-order valence-electron chi connectivity index (χ3n) is 2.62. The van der Waals surface area contributed by atoms with Gasteiger partial charge in [0.1, 0.15) is 12.5 Å². The van der Waals surface area contributed by atoms with Gasteiger partial charge in [0.2, 0.25) is 0 Å². The Morgan fingerprint density at radius 3 is 2.25 bits per heavy atom. The van der Waals surface area contributed by atoms with Gasteiger partial charge in [0.25, 0.3) is 0 Å². The lowest BCUT2D eigenvalue weighted by molar-refractivity contribution is -0.141. The molecule has 0 radical (unpaired) electrons. The number of esters is 1. The van der Waals surface area contributed by atoms with E-state index in [1.54, 1.807) is 6.92 Å². The van der Waals surface area contributed by atoms with E-state index in [1.807, 2.05) is 0 Å². The highest BCUT2D eigenvalue weighted by atomic mass is 35.5. The fraction of sp³-hybridized carbons (Fsp3) is 0.385. The van der Waals surface area contributed by atoms with Crippen molar-refractivity contribution in [3.63, 3.8) is 0 Å². The molecule has 5 nitrogen and oxygen atoms in total. The highest BCUT2D eigenvalue weighted by Gasteiger charge is 2.17. The predicted molar refractivity (Wildman–Crippen MR) is 74.7 cm³/mol. The van der Waals surface area contributed by atoms with Crippen LogP contribution in [0.2, 0.25) is 0 Å². The highest BCUT2D eigenvalue weighted by molar-refractivity contribution is 7.90. The lowest BCUT2D eigenvalue weighted by Crippen LogP contribution is -2.20. The molecule has 7 heteroatoms. The average molecular weight is 319 g/mol. The number of hydrogen-bond donors (Lipinski definition) is 0. The second kappa shape index (κ2) is 6.85. The monoisotopic (exact) mass is 318 g/mol. The second-order valence-corrected chi connectivity index (χ2v) is 6.66. The normalized spacial score (nSPS) is 12.8. The zero-order valence-electron chi connectivity index (χ0n) is 11.1. The Morgan fingerprint density at radius 1 is 1.25 bits per heavy atom. The number of ketones is 1. The Balaban J connectivity index is 2.75. The van der Waals surface area contributed by atoms with Crippen LogP contribution in [0.1, 0.15) is 17.3 Å². The van der Waals surface area contributed by atoms with Gasteiger partial charge in [-0.05, 0) is 12.1 Å². The summed E-state index contributed by atoms with van der Waals surface area (Å²) >= 11 is 5.28. The van der Waals surface area contributed by atoms with Crippen molar-refractivity contribution in [2.24, 2.45) is 5.92 Å². The summed E-state index contributed by atoms with van der Waals surface area (Å²) in [4.78, 5) is 23.1. The van der Waals surface area contributed by atoms with Crippen molar-refractivity contribution in [1.29, 1.82) is 0 Å². The van der Waals surface area contributed by atoms with E-state index in [0.717, 1.165) is 6.26 Å². The van der Waals surface area contributed by atoms with E-state index in [1.165, 1.54) is 24.3 Å². The van der Waals surface area contributed by atoms with Crippen molar-refractivity contribution in [2.45, 2.75) is 11.8 Å². The zero-order valence-corrected chi connectivity index (χ0v) is 12.7. The Kier molecular flexibility index (Phi) is 5.71. The van der Waals surface area contributed by atoms with E-state index in [4.69, 9.17) is 16.3 Å². The Bertz CT molecular complexity index is 592. The number of benzene rings is 1. The van der Waals surface area contributed by atoms with Gasteiger partial charge in [-0.15, -0.1) is 11.6 Å². The number of Topliss-reactive ketones (excluding diaryl/α,β-unsaturated/α-hetero) is 1. The Morgan fingerprint density at radius 2 is 1.80 bits per heavy atom. The minimum absolute atomic E-state index is 0.0573. The van der Waals surface area contributed by atoms with Crippen LogP contribution in [-0.2, 0) is 19.4 Å². The topological polar surface area (TPSA) is 77.5 Å². The molecule has 1 aromatic carbocycles. The molecule has 0 fully saturated rings. The van der Waals surface area contributed by atoms with Crippen LogP contribution in [-0.4, -0.2) is 38.9 Å². The van der Waals surface area contributed by atoms with Gasteiger partial charge in [-0.2, -0.15) is 0 Å². The second-order valence-electron chi connectivity index (χ2n) is 4.38. The number of rotatable bonds is 6. The minimum atomic E-state index is -3.29. The van der Waals surface area contributed by atoms with Gasteiger partial charge in [0.15, 0.2) is 15.6 Å². The molecule has 1 aromatic rings. The van der Waals surface area contributed by atoms with Crippen LogP contribution in [0.15, 0.2) is 29.2 Å². The zero-order chi connectivity index (χ0) is 15.3. The number of halogens is 1. The van der Waals surface area contributed by atoms with Crippen LogP contribution in [0.3, 0.4) is 0 Å². The Labute approximate surface area is 122 Å². The molecule has 0 aromatic heterocycles. The number of alkyl halides is 1. The Hall–Kier alpha value is -1.40. The number of carbonyl (C=O) groups is 2. The first-order valence-corrected chi connectivity index (χ1v) is 8.24. The van der Waals surface area contributed by atoms with Crippen LogP contribution in [0, 0.1) is 5.92 Å². The largest absolute Gasteiger partial charge is 0.464 e. The van der Waals surface area contributed by atoms with Gasteiger partial charge in [-0.25, -0.2) is 8.42 Å². The molecule has 1 unspecified atom stereocenters. The molecule has 110 valence electrons. The molecule has 0 saturated heterocycles. The molecular formula is C13H15ClO5S. The van der Waals surface area contributed by atoms with E-state index in [0.29, 0.717) is 5.56 Å². The molecular weight excluding hydrogens is 304 g/mol. The van der Waals surface area contributed by atoms with E-state index in [2.05, 4.69) is 0 Å². The van der Waals surface area contributed by atoms with Gasteiger partial charge >= 0.3 is 5.97 Å². The maximum atomic E-state index is 12.0. The summed E-state index contributed by atoms with van der Waals surface area (Å²) < 4.78 is 27.4. The van der Waals surface area contributed by atoms with Crippen molar-refractivity contribution < 1.29 is 22.7 Å². The summed E-state index contributed by atoms with van der Waals surface area (Å²) in [6, 6.07) is 5.64. The number of hydrogen-bond acceptors (Lipinski definition) is 5. The molecule has 0 saturated carbocycles. The van der Waals surface area contributed by atoms with Crippen LogP contribution in [0.4, 0.5) is 0 Å². The van der Waals surface area contributed by atoms with Gasteiger partial charge in [-0.1, -0.05) is 19.1 Å². The third kappa shape index (κ3) is 4.61. The fourth-order valence-corrected chi connectivity index (χ4v) is 2.19. The van der Waals surface area contributed by atoms with Crippen LogP contribution in [0.25, 0.3) is 0 Å². The molecule has 0 aliphatic rings. The van der Waals surface area contributed by atoms with Crippen LogP contribution in [0.5, 0.6) is 0 Å². The first-order valence-electron chi connectivity index (χ1n) is 5.81. The van der Waals surface area contributed by atoms with E-state index in [9.17, 15) is 18.0 Å². The minimum Gasteiger partial charge on any atom is -0.464 e. The number of carbonyl (C=O) groups excluding carboxylic acids is 2. The molecule has 0 N–H and O–H groups in total. The van der Waals surface area contributed by atoms with E-state index < -0.39 is 21.7 Å². The van der Waals surface area contributed by atoms with E-state index >= 15 is 0 Å². The van der Waals surface area contributed by atoms with Crippen molar-refractivity contribution >= 4 is 33.2 Å². The predicted octanol–water partition coefficient (Wildman–Crippen LogP) is 1.69. The quantitative estimate of drug-likeness (QED) is 0.453. The van der Waals surface area contributed by atoms with Crippen LogP contribution < -0.4 is 0 Å². The summed E-state index contributed by atoms with van der Waals surface area (Å²) in [6.07, 6.45) is 1.10. The van der Waals surface area contributed by atoms with Crippen molar-refractivity contribution in [3.05, 3.63) is 29.8 Å². The first kappa shape index (κ1) is 16.7. The summed E-state index contributed by atoms with van der Waals surface area (Å²) in [5.74, 6) is -1.60. The van der Waals surface area contributed by atoms with Gasteiger partial charge in [0, 0.05) is 11.8 Å². The molecule has 0 amide bonds. The summed E-state index contributed by atoms with van der Waals surface area (Å²) in [5, 5.41) is 0. The van der Waals surface area contributed by atoms with Crippen LogP contribution >= 0.6 is 11.6 Å². The van der Waals surface area contributed by atoms with Gasteiger partial charge < -0.3 is 4.74 Å². The molecule has 20 heavy (non-hydrogen) atoms. The van der Waals surface area contributed by atoms with E-state index in [-0.39, 0.29) is 23.2 Å². The summed E-state index contributed by atoms with van der Waals surface area (Å²) in [6.45, 7) is 1.56. The standard InChI is InChI=1S/C13H15ClO5S/c1-9(8-19-12(15)7-14)13(16)10-3-5-11(6-4-10)20(2,17)18/h3-6,9H,7-8H2,1-2H3. The van der Waals surface area contributed by atoms with Crippen molar-refractivity contribution in [2.75, 3.05) is 18.7 Å². The average Bonchev–Trinajstić information content (AvgIpc) is 2.42. The number of ether oxygens (including phenoxy) is 1. The van der Waals surface area contributed by atoms with Gasteiger partial charge in [-0.3, -0.25) is 9.59 Å². The van der Waals surface area contributed by atoms with Crippen molar-refractivity contribution in [3.8, 4) is 0 Å². The number of sulfone groups is 1. The maximum Gasteiger partial charge on any atom is 0.320 e. The maximum absolute atomic E-state index is 12.0. The van der Waals surface area contributed by atoms with Crippen molar-refractivity contribution in [1.82, 2.24) is 0 Å². The molecule has 0 heterocycles. The molecule has 0 bridgehead atoms. The molecule has 0 spiro atoms. The molecule has 1 rings (SSSR count). The van der Waals surface area contributed by atoms with Gasteiger partial charge in [0.05, 0.1) is 10.8 Å². The third-order valence-corrected chi connectivity index (χ3v) is 3.96. The fourth-order valence-electron chi connectivity index (χ4n) is 1.48. The SMILES string of the molecule is CC(COC(=O)CCl)C(=O)c1ccc(S(C)(=O)=O)cc1. The molecule has 0 aliphatic carbocycles. The lowest BCUT2D eigenvalue weighted by Gasteiger charge is -2.11. The lowest BCUT2D eigenvalue weighted by atomic mass is 10.0. The molecule has 1 atom stereocenters. The molecule has 0 aliphatic heterocycles. The highest BCUT2D eigenvalue weighted by Crippen LogP contribution is 2.14. The summed E-state index contributed by atoms with van der Waals surface area (Å²) in [5.41, 5.74) is 0.367. The first-order chi connectivity index (χ1) is 9.25. The smallest absolute Gasteiger partial charge is 0.320 e. The summed E-state index contributed by atoms with van der Waals surface area (Å²) in [7, 11) is -3.29.